The molecule has 2 atom stereocenters. The van der Waals surface area contributed by atoms with Gasteiger partial charge in [-0.25, -0.2) is 8.42 Å². The molecule has 1 heterocycles. The highest BCUT2D eigenvalue weighted by Gasteiger charge is 2.32. The minimum absolute atomic E-state index is 0.0229. The van der Waals surface area contributed by atoms with Gasteiger partial charge in [0.2, 0.25) is 15.9 Å². The van der Waals surface area contributed by atoms with Crippen LogP contribution in [0.3, 0.4) is 0 Å². The van der Waals surface area contributed by atoms with E-state index in [0.29, 0.717) is 18.7 Å². The van der Waals surface area contributed by atoms with Crippen molar-refractivity contribution in [3.05, 3.63) is 29.3 Å². The van der Waals surface area contributed by atoms with Crippen molar-refractivity contribution in [2.45, 2.75) is 52.2 Å². The summed E-state index contributed by atoms with van der Waals surface area (Å²) in [5, 5.41) is 2.85. The van der Waals surface area contributed by atoms with E-state index in [1.165, 1.54) is 4.31 Å². The molecule has 0 saturated carbocycles. The average molecular weight is 368 g/mol. The number of nitrogens with zero attached hydrogens (tertiary/aromatic N) is 1. The van der Waals surface area contributed by atoms with Crippen LogP contribution in [-0.4, -0.2) is 45.9 Å². The second-order valence-corrected chi connectivity index (χ2v) is 8.49. The molecular weight excluding hydrogens is 340 g/mol. The van der Waals surface area contributed by atoms with Crippen molar-refractivity contribution in [1.82, 2.24) is 5.32 Å². The third-order valence-corrected chi connectivity index (χ3v) is 5.78. The summed E-state index contributed by atoms with van der Waals surface area (Å²) in [5.74, 6) is -0.290. The van der Waals surface area contributed by atoms with Crippen molar-refractivity contribution < 1.29 is 17.9 Å². The number of benzene rings is 1. The Morgan fingerprint density at radius 3 is 2.60 bits per heavy atom. The van der Waals surface area contributed by atoms with Crippen molar-refractivity contribution in [1.29, 1.82) is 0 Å². The van der Waals surface area contributed by atoms with Crippen LogP contribution in [0.25, 0.3) is 0 Å². The summed E-state index contributed by atoms with van der Waals surface area (Å²) >= 11 is 0. The van der Waals surface area contributed by atoms with Crippen LogP contribution in [0, 0.1) is 13.8 Å². The number of hydrogen-bond acceptors (Lipinski definition) is 4. The first kappa shape index (κ1) is 19.7. The molecule has 2 rings (SSSR count). The Hall–Kier alpha value is -1.60. The molecule has 1 aliphatic rings. The van der Waals surface area contributed by atoms with Gasteiger partial charge in [-0.05, 0) is 56.4 Å². The number of anilines is 1. The number of nitrogens with one attached hydrogen (secondary N) is 1. The minimum Gasteiger partial charge on any atom is -0.376 e. The lowest BCUT2D eigenvalue weighted by molar-refractivity contribution is -0.122. The molecule has 7 heteroatoms. The Labute approximate surface area is 150 Å². The van der Waals surface area contributed by atoms with Gasteiger partial charge >= 0.3 is 0 Å². The predicted octanol–water partition coefficient (Wildman–Crippen LogP) is 2.14. The minimum atomic E-state index is -3.60. The van der Waals surface area contributed by atoms with E-state index in [1.807, 2.05) is 32.9 Å². The van der Waals surface area contributed by atoms with Crippen molar-refractivity contribution in [3.8, 4) is 0 Å². The van der Waals surface area contributed by atoms with Crippen LogP contribution in [0.2, 0.25) is 0 Å². The van der Waals surface area contributed by atoms with Crippen LogP contribution in [0.5, 0.6) is 0 Å². The van der Waals surface area contributed by atoms with Gasteiger partial charge in [-0.1, -0.05) is 13.0 Å². The van der Waals surface area contributed by atoms with E-state index < -0.39 is 16.1 Å². The number of rotatable bonds is 7. The van der Waals surface area contributed by atoms with E-state index in [-0.39, 0.29) is 12.0 Å². The van der Waals surface area contributed by atoms with Crippen LogP contribution >= 0.6 is 0 Å². The van der Waals surface area contributed by atoms with E-state index in [4.69, 9.17) is 4.74 Å². The first-order valence-electron chi connectivity index (χ1n) is 8.70. The molecule has 0 bridgehead atoms. The van der Waals surface area contributed by atoms with Crippen LogP contribution in [0.15, 0.2) is 18.2 Å². The Kier molecular flexibility index (Phi) is 6.46. The Bertz CT molecular complexity index is 712. The number of sulfonamides is 1. The topological polar surface area (TPSA) is 75.7 Å². The van der Waals surface area contributed by atoms with E-state index in [2.05, 4.69) is 5.32 Å². The Balaban J connectivity index is 2.24. The zero-order chi connectivity index (χ0) is 18.6. The number of hydrogen-bond donors (Lipinski definition) is 1. The number of carbonyl (C=O) groups is 1. The smallest absolute Gasteiger partial charge is 0.243 e. The summed E-state index contributed by atoms with van der Waals surface area (Å²) in [5.41, 5.74) is 2.58. The molecule has 25 heavy (non-hydrogen) atoms. The summed E-state index contributed by atoms with van der Waals surface area (Å²) in [6, 6.07) is 4.66. The zero-order valence-electron chi connectivity index (χ0n) is 15.4. The fourth-order valence-electron chi connectivity index (χ4n) is 3.06. The van der Waals surface area contributed by atoms with Crippen molar-refractivity contribution in [2.24, 2.45) is 0 Å². The highest BCUT2D eigenvalue weighted by atomic mass is 32.2. The highest BCUT2D eigenvalue weighted by molar-refractivity contribution is 7.92. The standard InChI is InChI=1S/C18H28N2O4S/c1-5-17(18(21)19-12-16-7-6-10-24-16)20(25(4,22)23)15-9-8-13(2)14(3)11-15/h8-9,11,16-17H,5-7,10,12H2,1-4H3,(H,19,21)/t16-,17-/m1/s1. The summed E-state index contributed by atoms with van der Waals surface area (Å²) in [4.78, 5) is 12.7. The molecular formula is C18H28N2O4S. The molecule has 1 aromatic carbocycles. The van der Waals surface area contributed by atoms with Gasteiger partial charge < -0.3 is 10.1 Å². The van der Waals surface area contributed by atoms with Gasteiger partial charge in [0.15, 0.2) is 0 Å². The molecule has 1 amide bonds. The normalized spacial score (nSPS) is 18.8. The molecule has 0 aromatic heterocycles. The lowest BCUT2D eigenvalue weighted by Crippen LogP contribution is -2.50. The van der Waals surface area contributed by atoms with Gasteiger partial charge in [0.1, 0.15) is 6.04 Å². The first-order chi connectivity index (χ1) is 11.7. The van der Waals surface area contributed by atoms with Gasteiger partial charge in [-0.3, -0.25) is 9.10 Å². The third-order valence-electron chi connectivity index (χ3n) is 4.60. The number of carbonyl (C=O) groups excluding carboxylic acids is 1. The molecule has 140 valence electrons. The lowest BCUT2D eigenvalue weighted by atomic mass is 10.1. The summed E-state index contributed by atoms with van der Waals surface area (Å²) in [6.45, 7) is 6.85. The highest BCUT2D eigenvalue weighted by Crippen LogP contribution is 2.25. The number of amides is 1. The number of ether oxygens (including phenoxy) is 1. The fraction of sp³-hybridized carbons (Fsp3) is 0.611. The molecule has 1 aliphatic heterocycles. The van der Waals surface area contributed by atoms with Crippen LogP contribution < -0.4 is 9.62 Å². The second kappa shape index (κ2) is 8.19. The van der Waals surface area contributed by atoms with E-state index in [0.717, 1.165) is 36.8 Å². The average Bonchev–Trinajstić information content (AvgIpc) is 3.05. The number of aryl methyl sites for hydroxylation is 2. The zero-order valence-corrected chi connectivity index (χ0v) is 16.2. The van der Waals surface area contributed by atoms with Crippen molar-refractivity contribution >= 4 is 21.6 Å². The predicted molar refractivity (Wildman–Crippen MR) is 99.3 cm³/mol. The SMILES string of the molecule is CC[C@H](C(=O)NC[C@H]1CCCO1)N(c1ccc(C)c(C)c1)S(C)(=O)=O. The molecule has 0 aliphatic carbocycles. The molecule has 1 fully saturated rings. The quantitative estimate of drug-likeness (QED) is 0.800. The van der Waals surface area contributed by atoms with E-state index in [1.54, 1.807) is 6.07 Å². The largest absolute Gasteiger partial charge is 0.376 e. The van der Waals surface area contributed by atoms with Crippen LogP contribution in [0.1, 0.15) is 37.3 Å². The molecule has 1 N–H and O–H groups in total. The van der Waals surface area contributed by atoms with E-state index >= 15 is 0 Å². The van der Waals surface area contributed by atoms with Crippen molar-refractivity contribution in [2.75, 3.05) is 23.7 Å². The van der Waals surface area contributed by atoms with Gasteiger partial charge in [0.05, 0.1) is 18.0 Å². The molecule has 1 saturated heterocycles. The Morgan fingerprint density at radius 2 is 2.08 bits per heavy atom. The van der Waals surface area contributed by atoms with Gasteiger partial charge in [0, 0.05) is 13.2 Å². The molecule has 0 radical (unpaired) electrons. The van der Waals surface area contributed by atoms with Crippen molar-refractivity contribution in [3.63, 3.8) is 0 Å². The second-order valence-electron chi connectivity index (χ2n) is 6.63. The lowest BCUT2D eigenvalue weighted by Gasteiger charge is -2.30. The first-order valence-corrected chi connectivity index (χ1v) is 10.5. The molecule has 0 unspecified atom stereocenters. The van der Waals surface area contributed by atoms with Gasteiger partial charge in [-0.15, -0.1) is 0 Å². The molecule has 0 spiro atoms. The summed E-state index contributed by atoms with van der Waals surface area (Å²) in [7, 11) is -3.60. The van der Waals surface area contributed by atoms with Gasteiger partial charge in [0.25, 0.3) is 0 Å². The summed E-state index contributed by atoms with van der Waals surface area (Å²) in [6.07, 6.45) is 3.46. The molecule has 6 nitrogen and oxygen atoms in total. The summed E-state index contributed by atoms with van der Waals surface area (Å²) < 4.78 is 31.6. The third kappa shape index (κ3) is 4.95. The maximum Gasteiger partial charge on any atom is 0.243 e. The maximum absolute atomic E-state index is 12.7. The maximum atomic E-state index is 12.7. The Morgan fingerprint density at radius 1 is 1.36 bits per heavy atom. The van der Waals surface area contributed by atoms with Gasteiger partial charge in [-0.2, -0.15) is 0 Å². The molecule has 1 aromatic rings. The van der Waals surface area contributed by atoms with Crippen LogP contribution in [0.4, 0.5) is 5.69 Å². The monoisotopic (exact) mass is 368 g/mol. The van der Waals surface area contributed by atoms with E-state index in [9.17, 15) is 13.2 Å². The van der Waals surface area contributed by atoms with Crippen LogP contribution in [-0.2, 0) is 19.6 Å². The fourth-order valence-corrected chi connectivity index (χ4v) is 4.26.